The molecule has 1 aromatic heterocycles. The Kier molecular flexibility index (Phi) is 3.71. The van der Waals surface area contributed by atoms with Gasteiger partial charge in [-0.25, -0.2) is 4.98 Å². The largest absolute Gasteiger partial charge is 0.337 e. The highest BCUT2D eigenvalue weighted by Crippen LogP contribution is 2.16. The lowest BCUT2D eigenvalue weighted by Crippen LogP contribution is -2.38. The van der Waals surface area contributed by atoms with Gasteiger partial charge in [-0.05, 0) is 19.1 Å². The van der Waals surface area contributed by atoms with Crippen LogP contribution in [0.2, 0.25) is 5.15 Å². The number of aryl methyl sites for hydroxylation is 1. The molecule has 1 aliphatic heterocycles. The maximum Gasteiger partial charge on any atom is 0.255 e. The Morgan fingerprint density at radius 1 is 1.44 bits per heavy atom. The first kappa shape index (κ1) is 11.7. The molecule has 1 aliphatic rings. The SMILES string of the molecule is Cc1nc(Cl)ccc1C(=O)N1CCSCC1. The van der Waals surface area contributed by atoms with Crippen molar-refractivity contribution in [2.75, 3.05) is 24.6 Å². The second-order valence-corrected chi connectivity index (χ2v) is 5.28. The fourth-order valence-corrected chi connectivity index (χ4v) is 2.79. The predicted octanol–water partition coefficient (Wildman–Crippen LogP) is 2.23. The summed E-state index contributed by atoms with van der Waals surface area (Å²) in [6, 6.07) is 3.43. The zero-order chi connectivity index (χ0) is 11.5. The van der Waals surface area contributed by atoms with Crippen LogP contribution in [0.5, 0.6) is 0 Å². The van der Waals surface area contributed by atoms with E-state index in [0.29, 0.717) is 16.4 Å². The van der Waals surface area contributed by atoms with Crippen molar-refractivity contribution in [3.8, 4) is 0 Å². The van der Waals surface area contributed by atoms with Gasteiger partial charge in [0.1, 0.15) is 5.15 Å². The number of nitrogens with zero attached hydrogens (tertiary/aromatic N) is 2. The highest BCUT2D eigenvalue weighted by molar-refractivity contribution is 7.99. The average molecular weight is 257 g/mol. The van der Waals surface area contributed by atoms with Crippen LogP contribution in [0.1, 0.15) is 16.1 Å². The van der Waals surface area contributed by atoms with E-state index in [1.54, 1.807) is 12.1 Å². The van der Waals surface area contributed by atoms with E-state index in [0.717, 1.165) is 24.6 Å². The molecular weight excluding hydrogens is 244 g/mol. The van der Waals surface area contributed by atoms with Crippen LogP contribution in [0, 0.1) is 6.92 Å². The van der Waals surface area contributed by atoms with Crippen molar-refractivity contribution in [3.05, 3.63) is 28.5 Å². The van der Waals surface area contributed by atoms with Crippen LogP contribution >= 0.6 is 23.4 Å². The molecule has 0 spiro atoms. The van der Waals surface area contributed by atoms with Crippen molar-refractivity contribution < 1.29 is 4.79 Å². The molecule has 5 heteroatoms. The van der Waals surface area contributed by atoms with Gasteiger partial charge in [-0.2, -0.15) is 11.8 Å². The molecule has 1 fully saturated rings. The van der Waals surface area contributed by atoms with Crippen LogP contribution in [-0.4, -0.2) is 40.4 Å². The summed E-state index contributed by atoms with van der Waals surface area (Å²) in [7, 11) is 0. The van der Waals surface area contributed by atoms with Crippen molar-refractivity contribution in [1.82, 2.24) is 9.88 Å². The molecule has 0 radical (unpaired) electrons. The van der Waals surface area contributed by atoms with Crippen LogP contribution < -0.4 is 0 Å². The standard InChI is InChI=1S/C11H13ClN2OS/c1-8-9(2-3-10(12)13-8)11(15)14-4-6-16-7-5-14/h2-3H,4-7H2,1H3. The number of thioether (sulfide) groups is 1. The molecule has 16 heavy (non-hydrogen) atoms. The lowest BCUT2D eigenvalue weighted by atomic mass is 10.2. The van der Waals surface area contributed by atoms with E-state index in [1.165, 1.54) is 0 Å². The predicted molar refractivity (Wildman–Crippen MR) is 67.2 cm³/mol. The number of pyridine rings is 1. The number of carbonyl (C=O) groups is 1. The molecule has 3 nitrogen and oxygen atoms in total. The van der Waals surface area contributed by atoms with E-state index in [-0.39, 0.29) is 5.91 Å². The third-order valence-corrected chi connectivity index (χ3v) is 3.73. The molecule has 0 N–H and O–H groups in total. The van der Waals surface area contributed by atoms with Crippen LogP contribution in [0.25, 0.3) is 0 Å². The van der Waals surface area contributed by atoms with Crippen LogP contribution in [0.3, 0.4) is 0 Å². The van der Waals surface area contributed by atoms with Crippen molar-refractivity contribution in [1.29, 1.82) is 0 Å². The minimum absolute atomic E-state index is 0.0713. The Morgan fingerprint density at radius 2 is 2.12 bits per heavy atom. The summed E-state index contributed by atoms with van der Waals surface area (Å²) in [5.41, 5.74) is 1.37. The smallest absolute Gasteiger partial charge is 0.255 e. The summed E-state index contributed by atoms with van der Waals surface area (Å²) in [4.78, 5) is 18.2. The summed E-state index contributed by atoms with van der Waals surface area (Å²) < 4.78 is 0. The highest BCUT2D eigenvalue weighted by atomic mass is 35.5. The number of amides is 1. The number of rotatable bonds is 1. The maximum absolute atomic E-state index is 12.2. The molecular formula is C11H13ClN2OS. The van der Waals surface area contributed by atoms with Crippen molar-refractivity contribution >= 4 is 29.3 Å². The number of hydrogen-bond donors (Lipinski definition) is 0. The Hall–Kier alpha value is -0.740. The molecule has 0 aromatic carbocycles. The van der Waals surface area contributed by atoms with E-state index in [4.69, 9.17) is 11.6 Å². The van der Waals surface area contributed by atoms with Crippen LogP contribution in [-0.2, 0) is 0 Å². The minimum atomic E-state index is 0.0713. The van der Waals surface area contributed by atoms with Crippen LogP contribution in [0.15, 0.2) is 12.1 Å². The van der Waals surface area contributed by atoms with E-state index >= 15 is 0 Å². The summed E-state index contributed by atoms with van der Waals surface area (Å²) in [5.74, 6) is 2.11. The molecule has 0 bridgehead atoms. The second-order valence-electron chi connectivity index (χ2n) is 3.67. The van der Waals surface area contributed by atoms with Crippen molar-refractivity contribution in [3.63, 3.8) is 0 Å². The zero-order valence-electron chi connectivity index (χ0n) is 9.07. The average Bonchev–Trinajstić information content (AvgIpc) is 2.29. The van der Waals surface area contributed by atoms with Crippen LogP contribution in [0.4, 0.5) is 0 Å². The third kappa shape index (κ3) is 2.50. The van der Waals surface area contributed by atoms with Gasteiger partial charge in [-0.1, -0.05) is 11.6 Å². The first-order chi connectivity index (χ1) is 7.68. The van der Waals surface area contributed by atoms with Gasteiger partial charge >= 0.3 is 0 Å². The molecule has 1 amide bonds. The molecule has 1 saturated heterocycles. The molecule has 0 unspecified atom stereocenters. The Labute approximate surface area is 104 Å². The molecule has 2 heterocycles. The van der Waals surface area contributed by atoms with Crippen molar-refractivity contribution in [2.24, 2.45) is 0 Å². The zero-order valence-corrected chi connectivity index (χ0v) is 10.6. The minimum Gasteiger partial charge on any atom is -0.337 e. The highest BCUT2D eigenvalue weighted by Gasteiger charge is 2.20. The van der Waals surface area contributed by atoms with E-state index in [9.17, 15) is 4.79 Å². The molecule has 1 aromatic rings. The van der Waals surface area contributed by atoms with Gasteiger partial charge in [0.05, 0.1) is 11.3 Å². The van der Waals surface area contributed by atoms with Gasteiger partial charge in [0.2, 0.25) is 0 Å². The Bertz CT molecular complexity index is 405. The fraction of sp³-hybridized carbons (Fsp3) is 0.455. The first-order valence-electron chi connectivity index (χ1n) is 5.18. The maximum atomic E-state index is 12.2. The quantitative estimate of drug-likeness (QED) is 0.723. The molecule has 0 atom stereocenters. The number of carbonyl (C=O) groups excluding carboxylic acids is 1. The van der Waals surface area contributed by atoms with Gasteiger partial charge in [0.15, 0.2) is 0 Å². The lowest BCUT2D eigenvalue weighted by Gasteiger charge is -2.26. The number of aromatic nitrogens is 1. The van der Waals surface area contributed by atoms with Gasteiger partial charge in [0.25, 0.3) is 5.91 Å². The van der Waals surface area contributed by atoms with Gasteiger partial charge in [0, 0.05) is 24.6 Å². The second kappa shape index (κ2) is 5.06. The summed E-state index contributed by atoms with van der Waals surface area (Å²) >= 11 is 7.66. The van der Waals surface area contributed by atoms with Gasteiger partial charge < -0.3 is 4.90 Å². The van der Waals surface area contributed by atoms with Gasteiger partial charge in [-0.15, -0.1) is 0 Å². The molecule has 0 aliphatic carbocycles. The van der Waals surface area contributed by atoms with Crippen molar-refractivity contribution in [2.45, 2.75) is 6.92 Å². The van der Waals surface area contributed by atoms with E-state index in [2.05, 4.69) is 4.98 Å². The summed E-state index contributed by atoms with van der Waals surface area (Å²) in [5, 5.41) is 0.434. The number of hydrogen-bond acceptors (Lipinski definition) is 3. The molecule has 2 rings (SSSR count). The Morgan fingerprint density at radius 3 is 2.75 bits per heavy atom. The molecule has 0 saturated carbocycles. The number of halogens is 1. The summed E-state index contributed by atoms with van der Waals surface area (Å²) in [6.45, 7) is 3.47. The first-order valence-corrected chi connectivity index (χ1v) is 6.72. The third-order valence-electron chi connectivity index (χ3n) is 2.58. The normalized spacial score (nSPS) is 16.2. The van der Waals surface area contributed by atoms with E-state index < -0.39 is 0 Å². The molecule has 86 valence electrons. The van der Waals surface area contributed by atoms with E-state index in [1.807, 2.05) is 23.6 Å². The summed E-state index contributed by atoms with van der Waals surface area (Å²) in [6.07, 6.45) is 0. The fourth-order valence-electron chi connectivity index (χ4n) is 1.69. The van der Waals surface area contributed by atoms with Gasteiger partial charge in [-0.3, -0.25) is 4.79 Å². The lowest BCUT2D eigenvalue weighted by molar-refractivity contribution is 0.0771. The Balaban J connectivity index is 2.19. The topological polar surface area (TPSA) is 33.2 Å². The monoisotopic (exact) mass is 256 g/mol.